The lowest BCUT2D eigenvalue weighted by molar-refractivity contribution is -0.120. The van der Waals surface area contributed by atoms with Gasteiger partial charge < -0.3 is 16.0 Å². The van der Waals surface area contributed by atoms with Gasteiger partial charge in [0.25, 0.3) is 5.56 Å². The van der Waals surface area contributed by atoms with Gasteiger partial charge >= 0.3 is 5.69 Å². The van der Waals surface area contributed by atoms with Crippen LogP contribution in [0.25, 0.3) is 0 Å². The van der Waals surface area contributed by atoms with Crippen LogP contribution in [0.1, 0.15) is 26.3 Å². The second-order valence-electron chi connectivity index (χ2n) is 7.02. The summed E-state index contributed by atoms with van der Waals surface area (Å²) in [6.07, 6.45) is 0. The van der Waals surface area contributed by atoms with Crippen molar-refractivity contribution in [1.29, 1.82) is 0 Å². The fourth-order valence-electron chi connectivity index (χ4n) is 2.63. The number of aromatic amines is 1. The van der Waals surface area contributed by atoms with E-state index in [1.807, 2.05) is 51.1 Å². The largest absolute Gasteiger partial charge is 0.383 e. The predicted octanol–water partition coefficient (Wildman–Crippen LogP) is 0.764. The molecule has 0 radical (unpaired) electrons. The Morgan fingerprint density at radius 3 is 2.44 bits per heavy atom. The Labute approximate surface area is 158 Å². The number of nitrogens with zero attached hydrogens (tertiary/aromatic N) is 2. The summed E-state index contributed by atoms with van der Waals surface area (Å²) >= 11 is 0. The number of amides is 1. The highest BCUT2D eigenvalue weighted by Crippen LogP contribution is 2.16. The summed E-state index contributed by atoms with van der Waals surface area (Å²) in [7, 11) is 1.60. The van der Waals surface area contributed by atoms with Gasteiger partial charge in [0.2, 0.25) is 5.91 Å². The van der Waals surface area contributed by atoms with Crippen LogP contribution in [0.5, 0.6) is 0 Å². The van der Waals surface area contributed by atoms with Crippen LogP contribution >= 0.6 is 0 Å². The number of nitrogens with one attached hydrogen (secondary N) is 2. The summed E-state index contributed by atoms with van der Waals surface area (Å²) in [5.74, 6) is 0.0960. The topological polar surface area (TPSA) is 113 Å². The second-order valence-corrected chi connectivity index (χ2v) is 7.02. The molecule has 2 rings (SSSR count). The van der Waals surface area contributed by atoms with Crippen LogP contribution in [0.4, 0.5) is 11.5 Å². The molecule has 1 aromatic heterocycles. The Bertz CT molecular complexity index is 902. The Balaban J connectivity index is 2.28. The van der Waals surface area contributed by atoms with E-state index >= 15 is 0 Å². The first kappa shape index (κ1) is 20.3. The first-order valence-corrected chi connectivity index (χ1v) is 8.87. The summed E-state index contributed by atoms with van der Waals surface area (Å²) < 4.78 is 1.29. The third-order valence-corrected chi connectivity index (χ3v) is 4.55. The molecule has 0 aliphatic heterocycles. The van der Waals surface area contributed by atoms with Crippen LogP contribution in [0, 0.1) is 5.92 Å². The number of likely N-dealkylation sites (N-methyl/N-ethyl adjacent to an activating group) is 1. The molecule has 1 amide bonds. The van der Waals surface area contributed by atoms with Gasteiger partial charge in [-0.05, 0) is 18.4 Å². The van der Waals surface area contributed by atoms with E-state index in [0.29, 0.717) is 5.92 Å². The standard InChI is InChI=1S/C19H27N5O3/c1-12(2)13(3)21-15(25)11-23(4)16-17(20)24(19(27)22-18(16)26)10-14-8-6-5-7-9-14/h5-9,12-13H,10-11,20H2,1-4H3,(H,21,25)(H,22,26,27). The average molecular weight is 373 g/mol. The summed E-state index contributed by atoms with van der Waals surface area (Å²) in [5.41, 5.74) is 5.89. The van der Waals surface area contributed by atoms with E-state index in [1.165, 1.54) is 9.47 Å². The summed E-state index contributed by atoms with van der Waals surface area (Å²) in [4.78, 5) is 40.5. The monoisotopic (exact) mass is 373 g/mol. The number of carbonyl (C=O) groups is 1. The normalized spacial score (nSPS) is 12.0. The number of rotatable bonds is 7. The molecule has 0 saturated heterocycles. The third-order valence-electron chi connectivity index (χ3n) is 4.55. The Morgan fingerprint density at radius 1 is 1.22 bits per heavy atom. The quantitative estimate of drug-likeness (QED) is 0.663. The van der Waals surface area contributed by atoms with Crippen molar-refractivity contribution < 1.29 is 4.79 Å². The van der Waals surface area contributed by atoms with Gasteiger partial charge in [-0.15, -0.1) is 0 Å². The Morgan fingerprint density at radius 2 is 1.85 bits per heavy atom. The number of nitrogen functional groups attached to an aromatic ring is 1. The minimum Gasteiger partial charge on any atom is -0.383 e. The number of nitrogens with two attached hydrogens (primary N) is 1. The third kappa shape index (κ3) is 4.99. The van der Waals surface area contributed by atoms with E-state index in [4.69, 9.17) is 5.73 Å². The molecule has 0 aliphatic carbocycles. The van der Waals surface area contributed by atoms with Crippen molar-refractivity contribution in [2.75, 3.05) is 24.2 Å². The highest BCUT2D eigenvalue weighted by atomic mass is 16.2. The molecule has 0 spiro atoms. The van der Waals surface area contributed by atoms with Crippen LogP contribution in [0.15, 0.2) is 39.9 Å². The highest BCUT2D eigenvalue weighted by Gasteiger charge is 2.19. The van der Waals surface area contributed by atoms with Crippen molar-refractivity contribution in [2.24, 2.45) is 5.92 Å². The van der Waals surface area contributed by atoms with Gasteiger partial charge in [0.05, 0.1) is 13.1 Å². The van der Waals surface area contributed by atoms with E-state index in [1.54, 1.807) is 7.05 Å². The minimum atomic E-state index is -0.617. The molecule has 8 nitrogen and oxygen atoms in total. The van der Waals surface area contributed by atoms with Crippen molar-refractivity contribution in [2.45, 2.75) is 33.4 Å². The second kappa shape index (κ2) is 8.57. The van der Waals surface area contributed by atoms with E-state index in [2.05, 4.69) is 10.3 Å². The molecule has 27 heavy (non-hydrogen) atoms. The first-order chi connectivity index (χ1) is 12.7. The number of hydrogen-bond donors (Lipinski definition) is 3. The molecule has 0 aliphatic rings. The Hall–Kier alpha value is -3.03. The van der Waals surface area contributed by atoms with Gasteiger partial charge in [0, 0.05) is 13.1 Å². The molecule has 4 N–H and O–H groups in total. The van der Waals surface area contributed by atoms with Gasteiger partial charge in [-0.2, -0.15) is 0 Å². The predicted molar refractivity (Wildman–Crippen MR) is 107 cm³/mol. The zero-order valence-corrected chi connectivity index (χ0v) is 16.2. The van der Waals surface area contributed by atoms with Crippen LogP contribution < -0.4 is 27.2 Å². The first-order valence-electron chi connectivity index (χ1n) is 8.87. The van der Waals surface area contributed by atoms with Crippen molar-refractivity contribution in [1.82, 2.24) is 14.9 Å². The zero-order valence-electron chi connectivity index (χ0n) is 16.2. The molecule has 1 atom stereocenters. The molecule has 0 saturated carbocycles. The van der Waals surface area contributed by atoms with Gasteiger partial charge in [0.15, 0.2) is 0 Å². The van der Waals surface area contributed by atoms with Gasteiger partial charge in [-0.25, -0.2) is 4.79 Å². The molecular formula is C19H27N5O3. The molecule has 2 aromatic rings. The SMILES string of the molecule is CC(C)C(C)NC(=O)CN(C)c1c(N)n(Cc2ccccc2)c(=O)[nH]c1=O. The average Bonchev–Trinajstić information content (AvgIpc) is 2.59. The molecule has 146 valence electrons. The summed E-state index contributed by atoms with van der Waals surface area (Å²) in [5, 5.41) is 2.88. The number of anilines is 2. The zero-order chi connectivity index (χ0) is 20.1. The number of H-pyrrole nitrogens is 1. The van der Waals surface area contributed by atoms with Gasteiger partial charge in [0.1, 0.15) is 11.5 Å². The van der Waals surface area contributed by atoms with Crippen LogP contribution in [-0.2, 0) is 11.3 Å². The maximum absolute atomic E-state index is 12.3. The van der Waals surface area contributed by atoms with Crippen molar-refractivity contribution in [3.8, 4) is 0 Å². The smallest absolute Gasteiger partial charge is 0.330 e. The fraction of sp³-hybridized carbons (Fsp3) is 0.421. The van der Waals surface area contributed by atoms with Gasteiger partial charge in [-0.3, -0.25) is 19.1 Å². The fourth-order valence-corrected chi connectivity index (χ4v) is 2.63. The van der Waals surface area contributed by atoms with E-state index in [0.717, 1.165) is 5.56 Å². The van der Waals surface area contributed by atoms with Crippen LogP contribution in [-0.4, -0.2) is 35.1 Å². The molecule has 0 fully saturated rings. The minimum absolute atomic E-state index is 0.00793. The number of benzene rings is 1. The highest BCUT2D eigenvalue weighted by molar-refractivity contribution is 5.82. The molecular weight excluding hydrogens is 346 g/mol. The van der Waals surface area contributed by atoms with Crippen molar-refractivity contribution in [3.05, 3.63) is 56.7 Å². The maximum atomic E-state index is 12.3. The van der Waals surface area contributed by atoms with Crippen molar-refractivity contribution in [3.63, 3.8) is 0 Å². The van der Waals surface area contributed by atoms with E-state index < -0.39 is 11.2 Å². The molecule has 0 bridgehead atoms. The Kier molecular flexibility index (Phi) is 6.44. The van der Waals surface area contributed by atoms with Crippen LogP contribution in [0.2, 0.25) is 0 Å². The van der Waals surface area contributed by atoms with Crippen molar-refractivity contribution >= 4 is 17.4 Å². The van der Waals surface area contributed by atoms with Crippen LogP contribution in [0.3, 0.4) is 0 Å². The summed E-state index contributed by atoms with van der Waals surface area (Å²) in [6.45, 7) is 6.12. The maximum Gasteiger partial charge on any atom is 0.330 e. The molecule has 1 unspecified atom stereocenters. The number of hydrogen-bond acceptors (Lipinski definition) is 5. The summed E-state index contributed by atoms with van der Waals surface area (Å²) in [6, 6.07) is 9.32. The molecule has 1 aromatic carbocycles. The lowest BCUT2D eigenvalue weighted by Gasteiger charge is -2.23. The molecule has 8 heteroatoms. The lowest BCUT2D eigenvalue weighted by Crippen LogP contribution is -2.44. The lowest BCUT2D eigenvalue weighted by atomic mass is 10.1. The molecule has 1 heterocycles. The van der Waals surface area contributed by atoms with E-state index in [-0.39, 0.29) is 36.5 Å². The van der Waals surface area contributed by atoms with Gasteiger partial charge in [-0.1, -0.05) is 44.2 Å². The number of aromatic nitrogens is 2. The van der Waals surface area contributed by atoms with E-state index in [9.17, 15) is 14.4 Å². The number of carbonyl (C=O) groups excluding carboxylic acids is 1.